The summed E-state index contributed by atoms with van der Waals surface area (Å²) in [6.45, 7) is 3.29. The molecule has 0 heterocycles. The number of carbonyl (C=O) groups excluding carboxylic acids is 2. The summed E-state index contributed by atoms with van der Waals surface area (Å²) in [6.07, 6.45) is 1.20. The average molecular weight is 269 g/mol. The molecule has 0 bridgehead atoms. The highest BCUT2D eigenvalue weighted by molar-refractivity contribution is 6.18. The molecule has 0 aromatic rings. The minimum absolute atomic E-state index is 0.202. The molecule has 0 amide bonds. The van der Waals surface area contributed by atoms with Crippen molar-refractivity contribution >= 4 is 35.1 Å². The van der Waals surface area contributed by atoms with Crippen LogP contribution in [0, 0.1) is 0 Å². The maximum Gasteiger partial charge on any atom is 0.331 e. The third kappa shape index (κ3) is 7.54. The first kappa shape index (κ1) is 15.3. The largest absolute Gasteiger partial charge is 0.458 e. The number of hydrogen-bond donors (Lipinski definition) is 0. The average Bonchev–Trinajstić information content (AvgIpc) is 2.26. The van der Waals surface area contributed by atoms with Crippen molar-refractivity contribution < 1.29 is 19.1 Å². The van der Waals surface area contributed by atoms with Gasteiger partial charge in [0.25, 0.3) is 0 Å². The van der Waals surface area contributed by atoms with E-state index in [1.165, 1.54) is 0 Å². The number of rotatable bonds is 6. The monoisotopic (exact) mass is 268 g/mol. The molecule has 0 fully saturated rings. The quantitative estimate of drug-likeness (QED) is 0.419. The molecular weight excluding hydrogens is 255 g/mol. The summed E-state index contributed by atoms with van der Waals surface area (Å²) in [7, 11) is 0. The molecule has 0 radical (unpaired) electrons. The Hall–Kier alpha value is -0.740. The van der Waals surface area contributed by atoms with Crippen LogP contribution in [-0.4, -0.2) is 35.9 Å². The summed E-state index contributed by atoms with van der Waals surface area (Å²) >= 11 is 10.9. The molecule has 16 heavy (non-hydrogen) atoms. The van der Waals surface area contributed by atoms with Gasteiger partial charge in [-0.05, 0) is 13.8 Å². The Balaban J connectivity index is 3.98. The summed E-state index contributed by atoms with van der Waals surface area (Å²) in [5.41, 5.74) is 0. The second kappa shape index (κ2) is 8.42. The van der Waals surface area contributed by atoms with Crippen LogP contribution in [0.1, 0.15) is 13.8 Å². The Morgan fingerprint density at radius 2 is 1.31 bits per heavy atom. The second-order valence-electron chi connectivity index (χ2n) is 3.14. The van der Waals surface area contributed by atoms with E-state index in [0.29, 0.717) is 0 Å². The van der Waals surface area contributed by atoms with Crippen molar-refractivity contribution in [1.29, 1.82) is 0 Å². The predicted octanol–water partition coefficient (Wildman–Crippen LogP) is 1.88. The third-order valence-corrected chi connectivity index (χ3v) is 2.29. The van der Waals surface area contributed by atoms with Gasteiger partial charge in [0.15, 0.2) is 0 Å². The standard InChI is InChI=1S/C10H14Cl2O4/c1-7(5-11)15-9(13)3-4-10(14)16-8(2)6-12/h3-4,7-8H,5-6H2,1-2H3/b4-3+. The molecule has 0 aliphatic heterocycles. The van der Waals surface area contributed by atoms with Crippen LogP contribution in [0.15, 0.2) is 12.2 Å². The number of esters is 2. The summed E-state index contributed by atoms with van der Waals surface area (Å²) < 4.78 is 9.58. The molecule has 6 heteroatoms. The maximum absolute atomic E-state index is 11.1. The molecule has 2 atom stereocenters. The third-order valence-electron chi connectivity index (χ3n) is 1.42. The molecule has 2 unspecified atom stereocenters. The van der Waals surface area contributed by atoms with Crippen LogP contribution in [-0.2, 0) is 19.1 Å². The van der Waals surface area contributed by atoms with E-state index in [1.54, 1.807) is 13.8 Å². The van der Waals surface area contributed by atoms with Crippen LogP contribution >= 0.6 is 23.2 Å². The normalized spacial score (nSPS) is 14.5. The lowest BCUT2D eigenvalue weighted by Gasteiger charge is -2.08. The topological polar surface area (TPSA) is 52.6 Å². The van der Waals surface area contributed by atoms with Crippen molar-refractivity contribution in [3.63, 3.8) is 0 Å². The Labute approximate surface area is 104 Å². The summed E-state index contributed by atoms with van der Waals surface area (Å²) in [4.78, 5) is 22.1. The van der Waals surface area contributed by atoms with Gasteiger partial charge < -0.3 is 9.47 Å². The lowest BCUT2D eigenvalue weighted by molar-refractivity contribution is -0.144. The number of alkyl halides is 2. The van der Waals surface area contributed by atoms with E-state index in [4.69, 9.17) is 32.7 Å². The van der Waals surface area contributed by atoms with E-state index < -0.39 is 24.1 Å². The Kier molecular flexibility index (Phi) is 8.03. The van der Waals surface area contributed by atoms with Gasteiger partial charge in [-0.2, -0.15) is 0 Å². The van der Waals surface area contributed by atoms with Gasteiger partial charge in [0.2, 0.25) is 0 Å². The first-order valence-electron chi connectivity index (χ1n) is 4.70. The van der Waals surface area contributed by atoms with Gasteiger partial charge in [-0.15, -0.1) is 23.2 Å². The van der Waals surface area contributed by atoms with Crippen LogP contribution in [0.4, 0.5) is 0 Å². The lowest BCUT2D eigenvalue weighted by Crippen LogP contribution is -2.16. The smallest absolute Gasteiger partial charge is 0.331 e. The van der Waals surface area contributed by atoms with E-state index in [-0.39, 0.29) is 11.8 Å². The van der Waals surface area contributed by atoms with E-state index >= 15 is 0 Å². The van der Waals surface area contributed by atoms with Gasteiger partial charge in [-0.3, -0.25) is 0 Å². The molecule has 0 aromatic carbocycles. The van der Waals surface area contributed by atoms with Gasteiger partial charge in [0.1, 0.15) is 12.2 Å². The molecule has 4 nitrogen and oxygen atoms in total. The fourth-order valence-corrected chi connectivity index (χ4v) is 0.800. The van der Waals surface area contributed by atoms with E-state index in [1.807, 2.05) is 0 Å². The fraction of sp³-hybridized carbons (Fsp3) is 0.600. The van der Waals surface area contributed by atoms with E-state index in [2.05, 4.69) is 0 Å². The molecule has 0 spiro atoms. The van der Waals surface area contributed by atoms with E-state index in [0.717, 1.165) is 12.2 Å². The zero-order chi connectivity index (χ0) is 12.6. The number of ether oxygens (including phenoxy) is 2. The van der Waals surface area contributed by atoms with Gasteiger partial charge in [0.05, 0.1) is 11.8 Å². The van der Waals surface area contributed by atoms with Gasteiger partial charge in [0, 0.05) is 12.2 Å². The first-order chi connectivity index (χ1) is 7.49. The number of hydrogen-bond acceptors (Lipinski definition) is 4. The minimum atomic E-state index is -0.636. The van der Waals surface area contributed by atoms with Crippen molar-refractivity contribution in [3.8, 4) is 0 Å². The van der Waals surface area contributed by atoms with Crippen LogP contribution in [0.2, 0.25) is 0 Å². The first-order valence-corrected chi connectivity index (χ1v) is 5.77. The van der Waals surface area contributed by atoms with Gasteiger partial charge in [-0.1, -0.05) is 0 Å². The van der Waals surface area contributed by atoms with Gasteiger partial charge in [-0.25, -0.2) is 9.59 Å². The van der Waals surface area contributed by atoms with Crippen LogP contribution in [0.25, 0.3) is 0 Å². The molecule has 0 aliphatic carbocycles. The fourth-order valence-electron chi connectivity index (χ4n) is 0.674. The van der Waals surface area contributed by atoms with Crippen molar-refractivity contribution in [2.75, 3.05) is 11.8 Å². The van der Waals surface area contributed by atoms with Crippen molar-refractivity contribution in [2.45, 2.75) is 26.1 Å². The molecule has 0 N–H and O–H groups in total. The van der Waals surface area contributed by atoms with Gasteiger partial charge >= 0.3 is 11.9 Å². The zero-order valence-electron chi connectivity index (χ0n) is 9.11. The lowest BCUT2D eigenvalue weighted by atomic mass is 10.4. The summed E-state index contributed by atoms with van der Waals surface area (Å²) in [6, 6.07) is 0. The number of carbonyl (C=O) groups is 2. The van der Waals surface area contributed by atoms with Crippen LogP contribution in [0.3, 0.4) is 0 Å². The molecule has 0 aliphatic rings. The molecule has 0 saturated heterocycles. The summed E-state index contributed by atoms with van der Waals surface area (Å²) in [5, 5.41) is 0. The SMILES string of the molecule is CC(CCl)OC(=O)/C=C/C(=O)OC(C)CCl. The summed E-state index contributed by atoms with van der Waals surface area (Å²) in [5.74, 6) is -0.868. The minimum Gasteiger partial charge on any atom is -0.458 e. The molecule has 0 aromatic heterocycles. The van der Waals surface area contributed by atoms with Crippen LogP contribution in [0.5, 0.6) is 0 Å². The Bertz CT molecular complexity index is 240. The molecular formula is C10H14Cl2O4. The maximum atomic E-state index is 11.1. The van der Waals surface area contributed by atoms with Crippen molar-refractivity contribution in [1.82, 2.24) is 0 Å². The highest BCUT2D eigenvalue weighted by atomic mass is 35.5. The zero-order valence-corrected chi connectivity index (χ0v) is 10.6. The molecule has 0 saturated carbocycles. The Morgan fingerprint density at radius 3 is 1.56 bits per heavy atom. The Morgan fingerprint density at radius 1 is 1.00 bits per heavy atom. The van der Waals surface area contributed by atoms with Crippen LogP contribution < -0.4 is 0 Å². The van der Waals surface area contributed by atoms with E-state index in [9.17, 15) is 9.59 Å². The highest BCUT2D eigenvalue weighted by Gasteiger charge is 2.07. The van der Waals surface area contributed by atoms with Crippen molar-refractivity contribution in [2.24, 2.45) is 0 Å². The second-order valence-corrected chi connectivity index (χ2v) is 3.75. The molecule has 92 valence electrons. The van der Waals surface area contributed by atoms with Crippen molar-refractivity contribution in [3.05, 3.63) is 12.2 Å². The molecule has 0 rings (SSSR count). The predicted molar refractivity (Wildman–Crippen MR) is 61.7 cm³/mol. The number of halogens is 2. The highest BCUT2D eigenvalue weighted by Crippen LogP contribution is 1.97.